The predicted molar refractivity (Wildman–Crippen MR) is 69.0 cm³/mol. The van der Waals surface area contributed by atoms with Gasteiger partial charge < -0.3 is 5.11 Å². The lowest BCUT2D eigenvalue weighted by Crippen LogP contribution is -2.07. The molecule has 1 aromatic heterocycles. The van der Waals surface area contributed by atoms with Crippen LogP contribution < -0.4 is 0 Å². The molecule has 2 nitrogen and oxygen atoms in total. The topological polar surface area (TPSA) is 33.1 Å². The van der Waals surface area contributed by atoms with Crippen LogP contribution in [0.4, 0.5) is 4.39 Å². The Bertz CT molecular complexity index is 559. The number of aromatic nitrogens is 1. The van der Waals surface area contributed by atoms with Crippen LogP contribution in [0.2, 0.25) is 5.02 Å². The first-order valence-corrected chi connectivity index (χ1v) is 5.99. The van der Waals surface area contributed by atoms with Gasteiger partial charge in [-0.15, -0.1) is 0 Å². The highest BCUT2D eigenvalue weighted by Gasteiger charge is 2.14. The van der Waals surface area contributed by atoms with Gasteiger partial charge >= 0.3 is 0 Å². The third-order valence-corrected chi connectivity index (χ3v) is 3.03. The Kier molecular flexibility index (Phi) is 3.94. The van der Waals surface area contributed by atoms with E-state index in [1.807, 2.05) is 13.0 Å². The van der Waals surface area contributed by atoms with Gasteiger partial charge in [0, 0.05) is 17.6 Å². The minimum atomic E-state index is -0.818. The van der Waals surface area contributed by atoms with Gasteiger partial charge in [-0.3, -0.25) is 4.98 Å². The zero-order valence-electron chi connectivity index (χ0n) is 9.90. The fraction of sp³-hybridized carbons (Fsp3) is 0.214. The number of hydrogen-bond donors (Lipinski definition) is 1. The van der Waals surface area contributed by atoms with Crippen LogP contribution in [0.5, 0.6) is 0 Å². The molecule has 0 saturated heterocycles. The summed E-state index contributed by atoms with van der Waals surface area (Å²) >= 11 is 5.68. The van der Waals surface area contributed by atoms with E-state index in [1.165, 1.54) is 6.07 Å². The van der Waals surface area contributed by atoms with E-state index in [0.717, 1.165) is 5.56 Å². The lowest BCUT2D eigenvalue weighted by atomic mass is 10.0. The highest BCUT2D eigenvalue weighted by Crippen LogP contribution is 2.22. The van der Waals surface area contributed by atoms with E-state index in [2.05, 4.69) is 4.98 Å². The van der Waals surface area contributed by atoms with Crippen molar-refractivity contribution in [1.29, 1.82) is 0 Å². The summed E-state index contributed by atoms with van der Waals surface area (Å²) in [5, 5.41) is 10.4. The number of aliphatic hydroxyl groups is 1. The molecule has 1 unspecified atom stereocenters. The fourth-order valence-electron chi connectivity index (χ4n) is 1.84. The zero-order valence-corrected chi connectivity index (χ0v) is 10.7. The van der Waals surface area contributed by atoms with Gasteiger partial charge in [0.05, 0.1) is 5.69 Å². The summed E-state index contributed by atoms with van der Waals surface area (Å²) in [5.74, 6) is -0.407. The SMILES string of the molecule is Cc1cccnc1C(O)Cc1ccc(Cl)cc1F. The first-order valence-electron chi connectivity index (χ1n) is 5.61. The van der Waals surface area contributed by atoms with E-state index < -0.39 is 11.9 Å². The van der Waals surface area contributed by atoms with Crippen molar-refractivity contribution >= 4 is 11.6 Å². The van der Waals surface area contributed by atoms with Crippen LogP contribution >= 0.6 is 11.6 Å². The van der Waals surface area contributed by atoms with E-state index in [0.29, 0.717) is 16.3 Å². The molecule has 4 heteroatoms. The second kappa shape index (κ2) is 5.46. The summed E-state index contributed by atoms with van der Waals surface area (Å²) in [5.41, 5.74) is 1.89. The number of nitrogens with zero attached hydrogens (tertiary/aromatic N) is 1. The fourth-order valence-corrected chi connectivity index (χ4v) is 2.00. The first kappa shape index (κ1) is 13.0. The summed E-state index contributed by atoms with van der Waals surface area (Å²) in [7, 11) is 0. The summed E-state index contributed by atoms with van der Waals surface area (Å²) in [6.07, 6.45) is 0.979. The molecule has 0 amide bonds. The average Bonchev–Trinajstić information content (AvgIpc) is 2.33. The number of halogens is 2. The van der Waals surface area contributed by atoms with Crippen LogP contribution in [0.25, 0.3) is 0 Å². The van der Waals surface area contributed by atoms with E-state index in [1.54, 1.807) is 24.4 Å². The lowest BCUT2D eigenvalue weighted by molar-refractivity contribution is 0.171. The van der Waals surface area contributed by atoms with Crippen molar-refractivity contribution in [2.75, 3.05) is 0 Å². The number of aryl methyl sites for hydroxylation is 1. The van der Waals surface area contributed by atoms with Crippen LogP contribution in [0.15, 0.2) is 36.5 Å². The predicted octanol–water partition coefficient (Wildman–Crippen LogP) is 3.46. The second-order valence-electron chi connectivity index (χ2n) is 4.16. The van der Waals surface area contributed by atoms with E-state index in [9.17, 15) is 9.50 Å². The highest BCUT2D eigenvalue weighted by atomic mass is 35.5. The summed E-state index contributed by atoms with van der Waals surface area (Å²) in [6.45, 7) is 1.86. The van der Waals surface area contributed by atoms with Crippen LogP contribution in [0, 0.1) is 12.7 Å². The first-order chi connectivity index (χ1) is 8.58. The molecule has 1 heterocycles. The maximum Gasteiger partial charge on any atom is 0.127 e. The molecular formula is C14H13ClFNO. The Morgan fingerprint density at radius 2 is 2.17 bits per heavy atom. The van der Waals surface area contributed by atoms with Crippen molar-refractivity contribution in [3.05, 3.63) is 64.2 Å². The molecule has 0 aliphatic rings. The molecule has 1 atom stereocenters. The van der Waals surface area contributed by atoms with Gasteiger partial charge in [0.25, 0.3) is 0 Å². The van der Waals surface area contributed by atoms with Crippen molar-refractivity contribution in [2.24, 2.45) is 0 Å². The molecule has 0 aliphatic carbocycles. The van der Waals surface area contributed by atoms with Crippen molar-refractivity contribution in [1.82, 2.24) is 4.98 Å². The molecule has 0 saturated carbocycles. The average molecular weight is 266 g/mol. The standard InChI is InChI=1S/C14H13ClFNO/c1-9-3-2-6-17-14(9)13(18)7-10-4-5-11(15)8-12(10)16/h2-6,8,13,18H,7H2,1H3. The van der Waals surface area contributed by atoms with Crippen LogP contribution in [0.3, 0.4) is 0 Å². The maximum atomic E-state index is 13.6. The molecule has 94 valence electrons. The molecule has 2 aromatic rings. The van der Waals surface area contributed by atoms with Gasteiger partial charge in [-0.2, -0.15) is 0 Å². The Labute approximate surface area is 110 Å². The van der Waals surface area contributed by atoms with E-state index in [-0.39, 0.29) is 6.42 Å². The van der Waals surface area contributed by atoms with E-state index >= 15 is 0 Å². The Morgan fingerprint density at radius 3 is 2.83 bits per heavy atom. The molecule has 1 aromatic carbocycles. The largest absolute Gasteiger partial charge is 0.386 e. The Balaban J connectivity index is 2.21. The normalized spacial score (nSPS) is 12.4. The quantitative estimate of drug-likeness (QED) is 0.922. The molecule has 0 radical (unpaired) electrons. The van der Waals surface area contributed by atoms with Crippen LogP contribution in [0.1, 0.15) is 22.9 Å². The van der Waals surface area contributed by atoms with Crippen LogP contribution in [-0.4, -0.2) is 10.1 Å². The lowest BCUT2D eigenvalue weighted by Gasteiger charge is -2.13. The third-order valence-electron chi connectivity index (χ3n) is 2.79. The van der Waals surface area contributed by atoms with Crippen molar-refractivity contribution in [3.63, 3.8) is 0 Å². The Hall–Kier alpha value is -1.45. The van der Waals surface area contributed by atoms with Gasteiger partial charge in [0.2, 0.25) is 0 Å². The number of hydrogen-bond acceptors (Lipinski definition) is 2. The number of rotatable bonds is 3. The highest BCUT2D eigenvalue weighted by molar-refractivity contribution is 6.30. The van der Waals surface area contributed by atoms with Gasteiger partial charge in [-0.05, 0) is 36.2 Å². The molecule has 0 aliphatic heterocycles. The Morgan fingerprint density at radius 1 is 1.39 bits per heavy atom. The van der Waals surface area contributed by atoms with Gasteiger partial charge in [-0.1, -0.05) is 23.7 Å². The van der Waals surface area contributed by atoms with E-state index in [4.69, 9.17) is 11.6 Å². The minimum Gasteiger partial charge on any atom is -0.386 e. The third kappa shape index (κ3) is 2.86. The maximum absolute atomic E-state index is 13.6. The van der Waals surface area contributed by atoms with Crippen molar-refractivity contribution in [3.8, 4) is 0 Å². The molecule has 18 heavy (non-hydrogen) atoms. The summed E-state index contributed by atoms with van der Waals surface area (Å²) in [4.78, 5) is 4.12. The van der Waals surface area contributed by atoms with Crippen molar-refractivity contribution < 1.29 is 9.50 Å². The second-order valence-corrected chi connectivity index (χ2v) is 4.60. The van der Waals surface area contributed by atoms with Crippen molar-refractivity contribution in [2.45, 2.75) is 19.4 Å². The molecule has 0 fully saturated rings. The number of benzene rings is 1. The molecule has 2 rings (SSSR count). The minimum absolute atomic E-state index is 0.181. The number of aliphatic hydroxyl groups excluding tert-OH is 1. The molecule has 0 bridgehead atoms. The smallest absolute Gasteiger partial charge is 0.127 e. The van der Waals surface area contributed by atoms with Crippen LogP contribution in [-0.2, 0) is 6.42 Å². The van der Waals surface area contributed by atoms with Gasteiger partial charge in [0.1, 0.15) is 11.9 Å². The number of pyridine rings is 1. The summed E-state index contributed by atoms with van der Waals surface area (Å²) < 4.78 is 13.6. The molecular weight excluding hydrogens is 253 g/mol. The van der Waals surface area contributed by atoms with Gasteiger partial charge in [-0.25, -0.2) is 4.39 Å². The molecule has 1 N–H and O–H groups in total. The van der Waals surface area contributed by atoms with Gasteiger partial charge in [0.15, 0.2) is 0 Å². The molecule has 0 spiro atoms. The summed E-state index contributed by atoms with van der Waals surface area (Å²) in [6, 6.07) is 8.10. The zero-order chi connectivity index (χ0) is 13.1. The monoisotopic (exact) mass is 265 g/mol.